The minimum absolute atomic E-state index is 0.146. The number of nitrogens with one attached hydrogen (secondary N) is 2. The lowest BCUT2D eigenvalue weighted by atomic mass is 10.0. The van der Waals surface area contributed by atoms with E-state index in [2.05, 4.69) is 34.0 Å². The number of aromatic nitrogens is 2. The Morgan fingerprint density at radius 2 is 2.15 bits per heavy atom. The lowest BCUT2D eigenvalue weighted by molar-refractivity contribution is -0.126. The van der Waals surface area contributed by atoms with Crippen molar-refractivity contribution >= 4 is 28.8 Å². The number of aryl methyl sites for hydroxylation is 1. The highest BCUT2D eigenvalue weighted by Crippen LogP contribution is 2.29. The van der Waals surface area contributed by atoms with Gasteiger partial charge in [-0.1, -0.05) is 30.7 Å². The van der Waals surface area contributed by atoms with E-state index in [1.165, 1.54) is 0 Å². The zero-order valence-electron chi connectivity index (χ0n) is 18.7. The maximum Gasteiger partial charge on any atom is 0.296 e. The van der Waals surface area contributed by atoms with E-state index in [9.17, 15) is 14.4 Å². The van der Waals surface area contributed by atoms with Crippen molar-refractivity contribution in [3.63, 3.8) is 0 Å². The number of allylic oxidation sites excluding steroid dienone is 1. The maximum absolute atomic E-state index is 12.8. The second-order valence-electron chi connectivity index (χ2n) is 8.53. The predicted molar refractivity (Wildman–Crippen MR) is 126 cm³/mol. The molecule has 0 spiro atoms. The molecule has 1 saturated heterocycles. The fourth-order valence-electron chi connectivity index (χ4n) is 4.43. The lowest BCUT2D eigenvalue weighted by Crippen LogP contribution is -2.49. The molecule has 1 fully saturated rings. The fraction of sp³-hybridized carbons (Fsp3) is 0.231. The highest BCUT2D eigenvalue weighted by atomic mass is 16.2. The largest absolute Gasteiger partial charge is 0.341 e. The third-order valence-corrected chi connectivity index (χ3v) is 6.22. The molecule has 2 N–H and O–H groups in total. The van der Waals surface area contributed by atoms with E-state index in [1.54, 1.807) is 17.3 Å². The van der Waals surface area contributed by atoms with Gasteiger partial charge in [0.1, 0.15) is 11.6 Å². The van der Waals surface area contributed by atoms with E-state index in [0.29, 0.717) is 36.2 Å². The average Bonchev–Trinajstić information content (AvgIpc) is 3.36. The number of rotatable bonds is 3. The van der Waals surface area contributed by atoms with Gasteiger partial charge >= 0.3 is 0 Å². The van der Waals surface area contributed by atoms with E-state index in [-0.39, 0.29) is 18.4 Å². The second-order valence-corrected chi connectivity index (χ2v) is 8.53. The van der Waals surface area contributed by atoms with Gasteiger partial charge in [0.05, 0.1) is 17.4 Å². The summed E-state index contributed by atoms with van der Waals surface area (Å²) in [5.41, 5.74) is 5.39. The number of hydrogen-bond donors (Lipinski definition) is 2. The molecule has 1 unspecified atom stereocenters. The molecule has 3 amide bonds. The third kappa shape index (κ3) is 3.92. The van der Waals surface area contributed by atoms with Crippen molar-refractivity contribution in [2.75, 3.05) is 0 Å². The first-order valence-electron chi connectivity index (χ1n) is 11.0. The molecule has 8 heteroatoms. The number of hydrogen-bond acceptors (Lipinski definition) is 4. The zero-order chi connectivity index (χ0) is 23.8. The van der Waals surface area contributed by atoms with Gasteiger partial charge in [-0.3, -0.25) is 14.4 Å². The molecule has 0 radical (unpaired) electrons. The minimum Gasteiger partial charge on any atom is -0.341 e. The Morgan fingerprint density at radius 1 is 1.29 bits per heavy atom. The first-order chi connectivity index (χ1) is 16.4. The standard InChI is InChI=1S/C26H23N5O3/c1-16-6-10-22(25(33)29-16)31-14-19-12-17(7-9-20(19)26(31)34)13-27-23(32)11-8-18-4-3-5-21-24(18)28-15-30(21)2/h3-5,7,9,12,15,22H,1,6,10,13-14H2,2H3,(H,27,32)(H,29,33). The van der Waals surface area contributed by atoms with Crippen molar-refractivity contribution in [3.05, 3.63) is 77.3 Å². The number of fused-ring (bicyclic) bond motifs is 2. The van der Waals surface area contributed by atoms with Crippen LogP contribution in [0.3, 0.4) is 0 Å². The quantitative estimate of drug-likeness (QED) is 0.593. The van der Waals surface area contributed by atoms with E-state index >= 15 is 0 Å². The normalized spacial score (nSPS) is 17.3. The van der Waals surface area contributed by atoms with Gasteiger partial charge in [0, 0.05) is 37.3 Å². The Labute approximate surface area is 196 Å². The van der Waals surface area contributed by atoms with Gasteiger partial charge in [-0.05, 0) is 42.2 Å². The van der Waals surface area contributed by atoms with Crippen LogP contribution in [0.2, 0.25) is 0 Å². The Kier molecular flexibility index (Phi) is 5.38. The summed E-state index contributed by atoms with van der Waals surface area (Å²) in [6.07, 6.45) is 2.94. The number of carbonyl (C=O) groups excluding carboxylic acids is 3. The van der Waals surface area contributed by atoms with Gasteiger partial charge in [0.15, 0.2) is 0 Å². The van der Waals surface area contributed by atoms with E-state index in [4.69, 9.17) is 0 Å². The number of imidazole rings is 1. The van der Waals surface area contributed by atoms with E-state index in [0.717, 1.165) is 22.2 Å². The SMILES string of the molecule is C=C1CCC(N2Cc3cc(CNC(=O)C#Cc4cccc5c4ncn5C)ccc3C2=O)C(=O)N1. The molecule has 34 heavy (non-hydrogen) atoms. The number of para-hydroxylation sites is 1. The van der Waals surface area contributed by atoms with Crippen molar-refractivity contribution in [1.29, 1.82) is 0 Å². The molecule has 0 saturated carbocycles. The van der Waals surface area contributed by atoms with Gasteiger partial charge in [-0.25, -0.2) is 4.98 Å². The third-order valence-electron chi connectivity index (χ3n) is 6.22. The molecule has 0 aliphatic carbocycles. The van der Waals surface area contributed by atoms with Crippen LogP contribution < -0.4 is 10.6 Å². The number of piperidine rings is 1. The van der Waals surface area contributed by atoms with Gasteiger partial charge in [0.25, 0.3) is 11.8 Å². The summed E-state index contributed by atoms with van der Waals surface area (Å²) < 4.78 is 1.90. The Bertz CT molecular complexity index is 1430. The molecule has 8 nitrogen and oxygen atoms in total. The Hall–Kier alpha value is -4.38. The maximum atomic E-state index is 12.8. The summed E-state index contributed by atoms with van der Waals surface area (Å²) in [6.45, 7) is 4.45. The first kappa shape index (κ1) is 21.5. The highest BCUT2D eigenvalue weighted by molar-refractivity contribution is 6.01. The molecule has 5 rings (SSSR count). The van der Waals surface area contributed by atoms with Crippen LogP contribution in [-0.2, 0) is 29.7 Å². The summed E-state index contributed by atoms with van der Waals surface area (Å²) in [5.74, 6) is 4.79. The van der Waals surface area contributed by atoms with Crippen LogP contribution in [0.25, 0.3) is 11.0 Å². The Morgan fingerprint density at radius 3 is 2.97 bits per heavy atom. The molecule has 170 valence electrons. The average molecular weight is 454 g/mol. The second kappa shape index (κ2) is 8.52. The molecule has 2 aliphatic heterocycles. The topological polar surface area (TPSA) is 96.3 Å². The van der Waals surface area contributed by atoms with Crippen molar-refractivity contribution < 1.29 is 14.4 Å². The number of amides is 3. The smallest absolute Gasteiger partial charge is 0.296 e. The van der Waals surface area contributed by atoms with Crippen LogP contribution in [0.15, 0.2) is 55.0 Å². The highest BCUT2D eigenvalue weighted by Gasteiger charge is 2.38. The number of nitrogens with zero attached hydrogens (tertiary/aromatic N) is 3. The van der Waals surface area contributed by atoms with Gasteiger partial charge in [-0.15, -0.1) is 0 Å². The molecule has 3 aromatic rings. The minimum atomic E-state index is -0.493. The molecule has 1 atom stereocenters. The number of benzene rings is 2. The van der Waals surface area contributed by atoms with Crippen molar-refractivity contribution in [1.82, 2.24) is 25.1 Å². The lowest BCUT2D eigenvalue weighted by Gasteiger charge is -2.30. The van der Waals surface area contributed by atoms with E-state index < -0.39 is 11.9 Å². The number of carbonyl (C=O) groups is 3. The van der Waals surface area contributed by atoms with Crippen molar-refractivity contribution in [2.45, 2.75) is 32.0 Å². The molecular formula is C26H23N5O3. The molecule has 0 bridgehead atoms. The van der Waals surface area contributed by atoms with Crippen LogP contribution in [0, 0.1) is 11.8 Å². The summed E-state index contributed by atoms with van der Waals surface area (Å²) in [4.78, 5) is 43.5. The molecule has 2 aromatic carbocycles. The van der Waals surface area contributed by atoms with Crippen LogP contribution >= 0.6 is 0 Å². The monoisotopic (exact) mass is 453 g/mol. The summed E-state index contributed by atoms with van der Waals surface area (Å²) in [7, 11) is 1.91. The Balaban J connectivity index is 1.24. The van der Waals surface area contributed by atoms with Crippen LogP contribution in [0.5, 0.6) is 0 Å². The first-order valence-corrected chi connectivity index (χ1v) is 11.0. The van der Waals surface area contributed by atoms with E-state index in [1.807, 2.05) is 41.9 Å². The van der Waals surface area contributed by atoms with Gasteiger partial charge < -0.3 is 20.1 Å². The zero-order valence-corrected chi connectivity index (χ0v) is 18.7. The van der Waals surface area contributed by atoms with Crippen LogP contribution in [0.4, 0.5) is 0 Å². The molecule has 3 heterocycles. The fourth-order valence-corrected chi connectivity index (χ4v) is 4.43. The van der Waals surface area contributed by atoms with Gasteiger partial charge in [0.2, 0.25) is 5.91 Å². The summed E-state index contributed by atoms with van der Waals surface area (Å²) in [6, 6.07) is 10.6. The molecule has 2 aliphatic rings. The summed E-state index contributed by atoms with van der Waals surface area (Å²) >= 11 is 0. The van der Waals surface area contributed by atoms with Crippen LogP contribution in [-0.4, -0.2) is 38.2 Å². The summed E-state index contributed by atoms with van der Waals surface area (Å²) in [5, 5.41) is 5.54. The molecular weight excluding hydrogens is 430 g/mol. The van der Waals surface area contributed by atoms with Gasteiger partial charge in [-0.2, -0.15) is 0 Å². The van der Waals surface area contributed by atoms with Crippen LogP contribution in [0.1, 0.15) is 39.9 Å². The van der Waals surface area contributed by atoms with Crippen molar-refractivity contribution in [3.8, 4) is 11.8 Å². The molecule has 1 aromatic heterocycles. The van der Waals surface area contributed by atoms with Crippen molar-refractivity contribution in [2.24, 2.45) is 7.05 Å². The predicted octanol–water partition coefficient (Wildman–Crippen LogP) is 1.99.